The van der Waals surface area contributed by atoms with Crippen molar-refractivity contribution in [3.8, 4) is 11.5 Å². The number of ether oxygens (including phenoxy) is 2. The third-order valence-corrected chi connectivity index (χ3v) is 3.51. The minimum atomic E-state index is 0.462. The maximum atomic E-state index is 5.51. The Morgan fingerprint density at radius 2 is 1.82 bits per heavy atom. The summed E-state index contributed by atoms with van der Waals surface area (Å²) in [6.45, 7) is 2.07. The van der Waals surface area contributed by atoms with E-state index in [2.05, 4.69) is 19.4 Å². The van der Waals surface area contributed by atoms with Gasteiger partial charge in [0.25, 0.3) is 0 Å². The Kier molecular flexibility index (Phi) is 3.54. The average Bonchev–Trinajstić information content (AvgIpc) is 2.36. The van der Waals surface area contributed by atoms with Crippen LogP contribution < -0.4 is 19.7 Å². The number of hydrogen-bond donors (Lipinski definition) is 2. The van der Waals surface area contributed by atoms with Crippen LogP contribution in [0.5, 0.6) is 11.5 Å². The number of nitrogens with two attached hydrogens (primary N) is 1. The van der Waals surface area contributed by atoms with Crippen molar-refractivity contribution in [2.75, 3.05) is 34.9 Å². The van der Waals surface area contributed by atoms with E-state index >= 15 is 0 Å². The highest BCUT2D eigenvalue weighted by atomic mass is 16.5. The normalized spacial score (nSPS) is 19.0. The summed E-state index contributed by atoms with van der Waals surface area (Å²) in [5.41, 5.74) is 2.60. The number of benzene rings is 1. The number of nitrogens with one attached hydrogen (secondary N) is 1. The molecule has 1 aliphatic rings. The molecule has 4 heteroatoms. The van der Waals surface area contributed by atoms with Crippen molar-refractivity contribution in [1.82, 2.24) is 0 Å². The highest BCUT2D eigenvalue weighted by molar-refractivity contribution is 5.50. The number of fused-ring (bicyclic) bond motifs is 1. The van der Waals surface area contributed by atoms with Gasteiger partial charge in [-0.2, -0.15) is 0 Å². The summed E-state index contributed by atoms with van der Waals surface area (Å²) in [7, 11) is 7.84. The molecule has 1 aromatic carbocycles. The van der Waals surface area contributed by atoms with E-state index in [9.17, 15) is 0 Å². The molecule has 0 bridgehead atoms. The Bertz CT molecular complexity index is 405. The Morgan fingerprint density at radius 1 is 1.18 bits per heavy atom. The molecule has 94 valence electrons. The molecule has 0 spiro atoms. The first kappa shape index (κ1) is 12.2. The zero-order valence-corrected chi connectivity index (χ0v) is 11.0. The van der Waals surface area contributed by atoms with Crippen LogP contribution in [-0.2, 0) is 6.54 Å². The van der Waals surface area contributed by atoms with E-state index in [4.69, 9.17) is 9.47 Å². The lowest BCUT2D eigenvalue weighted by molar-refractivity contribution is -0.912. The van der Waals surface area contributed by atoms with Crippen molar-refractivity contribution in [3.63, 3.8) is 0 Å². The van der Waals surface area contributed by atoms with Crippen molar-refractivity contribution in [3.05, 3.63) is 23.3 Å². The lowest BCUT2D eigenvalue weighted by atomic mass is 9.94. The fourth-order valence-electron chi connectivity index (χ4n) is 2.62. The zero-order chi connectivity index (χ0) is 12.4. The van der Waals surface area contributed by atoms with Crippen LogP contribution in [0.25, 0.3) is 0 Å². The van der Waals surface area contributed by atoms with Gasteiger partial charge >= 0.3 is 0 Å². The smallest absolute Gasteiger partial charge is 0.166 e. The first-order valence-corrected chi connectivity index (χ1v) is 6.04. The van der Waals surface area contributed by atoms with Gasteiger partial charge in [-0.3, -0.25) is 0 Å². The maximum Gasteiger partial charge on any atom is 0.166 e. The SMILES string of the molecule is COc1ccc(OC)c2c1C[NH2+]C[C@H]2[NH+](C)C. The molecule has 0 saturated carbocycles. The largest absolute Gasteiger partial charge is 0.496 e. The summed E-state index contributed by atoms with van der Waals surface area (Å²) in [6.07, 6.45) is 0. The lowest BCUT2D eigenvalue weighted by Gasteiger charge is -2.28. The van der Waals surface area contributed by atoms with Gasteiger partial charge in [0.05, 0.1) is 39.4 Å². The van der Waals surface area contributed by atoms with Crippen LogP contribution in [0, 0.1) is 0 Å². The lowest BCUT2D eigenvalue weighted by Crippen LogP contribution is -3.10. The monoisotopic (exact) mass is 238 g/mol. The van der Waals surface area contributed by atoms with Crippen molar-refractivity contribution < 1.29 is 19.7 Å². The molecule has 1 atom stereocenters. The van der Waals surface area contributed by atoms with E-state index in [-0.39, 0.29) is 0 Å². The van der Waals surface area contributed by atoms with Crippen LogP contribution >= 0.6 is 0 Å². The summed E-state index contributed by atoms with van der Waals surface area (Å²) in [4.78, 5) is 1.42. The first-order valence-electron chi connectivity index (χ1n) is 6.04. The van der Waals surface area contributed by atoms with Gasteiger partial charge < -0.3 is 19.7 Å². The van der Waals surface area contributed by atoms with Crippen LogP contribution in [0.3, 0.4) is 0 Å². The van der Waals surface area contributed by atoms with Crippen LogP contribution in [-0.4, -0.2) is 34.9 Å². The molecule has 0 amide bonds. The molecule has 0 fully saturated rings. The van der Waals surface area contributed by atoms with E-state index in [0.29, 0.717) is 6.04 Å². The molecule has 0 unspecified atom stereocenters. The molecule has 1 heterocycles. The number of quaternary nitrogens is 2. The van der Waals surface area contributed by atoms with Crippen LogP contribution in [0.2, 0.25) is 0 Å². The Balaban J connectivity index is 2.56. The summed E-state index contributed by atoms with van der Waals surface area (Å²) >= 11 is 0. The third-order valence-electron chi connectivity index (χ3n) is 3.51. The zero-order valence-electron chi connectivity index (χ0n) is 11.0. The van der Waals surface area contributed by atoms with Crippen molar-refractivity contribution in [2.24, 2.45) is 0 Å². The summed E-state index contributed by atoms with van der Waals surface area (Å²) in [5.74, 6) is 1.96. The standard InChI is InChI=1S/C13H20N2O2/c1-15(2)10-8-14-7-9-11(16-3)5-6-12(17-4)13(9)10/h5-6,10,14H,7-8H2,1-4H3/p+2/t10-/m1/s1. The molecule has 0 aliphatic carbocycles. The molecular weight excluding hydrogens is 216 g/mol. The minimum absolute atomic E-state index is 0.462. The molecule has 4 nitrogen and oxygen atoms in total. The van der Waals surface area contributed by atoms with Gasteiger partial charge in [-0.25, -0.2) is 0 Å². The first-order chi connectivity index (χ1) is 8.19. The van der Waals surface area contributed by atoms with E-state index in [1.165, 1.54) is 16.0 Å². The molecule has 0 saturated heterocycles. The van der Waals surface area contributed by atoms with Gasteiger partial charge in [0.15, 0.2) is 6.04 Å². The van der Waals surface area contributed by atoms with Gasteiger partial charge in [-0.1, -0.05) is 0 Å². The predicted molar refractivity (Wildman–Crippen MR) is 65.6 cm³/mol. The van der Waals surface area contributed by atoms with Crippen molar-refractivity contribution in [2.45, 2.75) is 12.6 Å². The van der Waals surface area contributed by atoms with Gasteiger partial charge in [-0.15, -0.1) is 0 Å². The second kappa shape index (κ2) is 4.94. The topological polar surface area (TPSA) is 39.5 Å². The minimum Gasteiger partial charge on any atom is -0.496 e. The van der Waals surface area contributed by atoms with Crippen LogP contribution in [0.15, 0.2) is 12.1 Å². The fourth-order valence-corrected chi connectivity index (χ4v) is 2.62. The van der Waals surface area contributed by atoms with Crippen molar-refractivity contribution in [1.29, 1.82) is 0 Å². The molecule has 3 N–H and O–H groups in total. The van der Waals surface area contributed by atoms with E-state index < -0.39 is 0 Å². The van der Waals surface area contributed by atoms with E-state index in [0.717, 1.165) is 24.6 Å². The fraction of sp³-hybridized carbons (Fsp3) is 0.538. The summed E-state index contributed by atoms with van der Waals surface area (Å²) in [5, 5.41) is 2.34. The highest BCUT2D eigenvalue weighted by Crippen LogP contribution is 2.34. The van der Waals surface area contributed by atoms with Gasteiger partial charge in [-0.05, 0) is 12.1 Å². The van der Waals surface area contributed by atoms with Crippen LogP contribution in [0.1, 0.15) is 17.2 Å². The molecule has 17 heavy (non-hydrogen) atoms. The third kappa shape index (κ3) is 2.10. The average molecular weight is 238 g/mol. The second-order valence-electron chi connectivity index (χ2n) is 4.72. The predicted octanol–water partition coefficient (Wildman–Crippen LogP) is -1.03. The molecular formula is C13H22N2O2+2. The van der Waals surface area contributed by atoms with E-state index in [1.54, 1.807) is 14.2 Å². The van der Waals surface area contributed by atoms with E-state index in [1.807, 2.05) is 12.1 Å². The molecule has 1 aliphatic heterocycles. The van der Waals surface area contributed by atoms with Crippen LogP contribution in [0.4, 0.5) is 0 Å². The molecule has 0 aromatic heterocycles. The Morgan fingerprint density at radius 3 is 2.41 bits per heavy atom. The van der Waals surface area contributed by atoms with Gasteiger partial charge in [0, 0.05) is 0 Å². The van der Waals surface area contributed by atoms with Gasteiger partial charge in [0.2, 0.25) is 0 Å². The number of likely N-dealkylation sites (N-methyl/N-ethyl adjacent to an activating group) is 1. The summed E-state index contributed by atoms with van der Waals surface area (Å²) in [6, 6.07) is 4.47. The Labute approximate surface area is 103 Å². The molecule has 0 radical (unpaired) electrons. The number of rotatable bonds is 3. The number of methoxy groups -OCH3 is 2. The maximum absolute atomic E-state index is 5.51. The molecule has 1 aromatic rings. The summed E-state index contributed by atoms with van der Waals surface area (Å²) < 4.78 is 11.0. The second-order valence-corrected chi connectivity index (χ2v) is 4.72. The van der Waals surface area contributed by atoms with Gasteiger partial charge in [0.1, 0.15) is 24.6 Å². The van der Waals surface area contributed by atoms with Crippen molar-refractivity contribution >= 4 is 0 Å². The number of hydrogen-bond acceptors (Lipinski definition) is 2. The Hall–Kier alpha value is -1.26. The molecule has 2 rings (SSSR count). The quantitative estimate of drug-likeness (QED) is 0.706. The highest BCUT2D eigenvalue weighted by Gasteiger charge is 2.33.